The van der Waals surface area contributed by atoms with E-state index in [-0.39, 0.29) is 0 Å². The maximum Gasteiger partial charge on any atom is 0.252 e. The molecule has 0 fully saturated rings. The van der Waals surface area contributed by atoms with Gasteiger partial charge in [-0.15, -0.1) is 0 Å². The number of rotatable bonds is 4. The lowest BCUT2D eigenvalue weighted by Gasteiger charge is -2.22. The minimum atomic E-state index is -2.04. The van der Waals surface area contributed by atoms with Gasteiger partial charge in [-0.25, -0.2) is 4.39 Å². The van der Waals surface area contributed by atoms with Crippen molar-refractivity contribution >= 4 is 11.8 Å². The Morgan fingerprint density at radius 1 is 1.33 bits per heavy atom. The van der Waals surface area contributed by atoms with E-state index in [2.05, 4.69) is 10.6 Å². The van der Waals surface area contributed by atoms with Gasteiger partial charge in [-0.3, -0.25) is 9.59 Å². The van der Waals surface area contributed by atoms with Gasteiger partial charge in [0.05, 0.1) is 0 Å². The summed E-state index contributed by atoms with van der Waals surface area (Å²) in [5.74, 6) is -1.31. The number of halogens is 1. The number of nitrogens with one attached hydrogen (secondary N) is 2. The van der Waals surface area contributed by atoms with Crippen molar-refractivity contribution in [2.45, 2.75) is 38.6 Å². The average Bonchev–Trinajstić information content (AvgIpc) is 2.13. The number of amides is 2. The summed E-state index contributed by atoms with van der Waals surface area (Å²) in [5, 5.41) is 13.8. The van der Waals surface area contributed by atoms with Gasteiger partial charge in [0, 0.05) is 7.05 Å². The summed E-state index contributed by atoms with van der Waals surface area (Å²) in [5.41, 5.74) is -2.04. The predicted molar refractivity (Wildman–Crippen MR) is 52.9 cm³/mol. The Balaban J connectivity index is 4.32. The van der Waals surface area contributed by atoms with Crippen LogP contribution in [0, 0.1) is 0 Å². The number of hydrogen-bond acceptors (Lipinski definition) is 3. The largest absolute Gasteiger partial charge is 0.380 e. The van der Waals surface area contributed by atoms with Gasteiger partial charge in [-0.05, 0) is 20.8 Å². The molecule has 0 heterocycles. The van der Waals surface area contributed by atoms with Crippen molar-refractivity contribution < 1.29 is 19.1 Å². The highest BCUT2D eigenvalue weighted by Crippen LogP contribution is 2.14. The number of aliphatic hydroxyl groups excluding tert-OH is 1. The van der Waals surface area contributed by atoms with Gasteiger partial charge in [0.2, 0.25) is 5.91 Å². The fraction of sp³-hybridized carbons (Fsp3) is 0.778. The van der Waals surface area contributed by atoms with Gasteiger partial charge in [0.1, 0.15) is 11.7 Å². The van der Waals surface area contributed by atoms with Crippen LogP contribution in [0.25, 0.3) is 0 Å². The lowest BCUT2D eigenvalue weighted by molar-refractivity contribution is -0.139. The van der Waals surface area contributed by atoms with Gasteiger partial charge >= 0.3 is 0 Å². The second-order valence-corrected chi connectivity index (χ2v) is 3.81. The van der Waals surface area contributed by atoms with E-state index in [1.165, 1.54) is 14.0 Å². The summed E-state index contributed by atoms with van der Waals surface area (Å²) in [6, 6.07) is -0.806. The van der Waals surface area contributed by atoms with E-state index in [0.29, 0.717) is 0 Å². The lowest BCUT2D eigenvalue weighted by atomic mass is 10.0. The number of carbonyl (C=O) groups excluding carboxylic acids is 2. The molecule has 0 aliphatic heterocycles. The van der Waals surface area contributed by atoms with Gasteiger partial charge in [-0.2, -0.15) is 0 Å². The maximum absolute atomic E-state index is 13.2. The van der Waals surface area contributed by atoms with Crippen LogP contribution in [0.15, 0.2) is 0 Å². The summed E-state index contributed by atoms with van der Waals surface area (Å²) in [6.45, 7) is 3.61. The number of likely N-dealkylation sites (N-methyl/N-ethyl adjacent to an activating group) is 1. The Bertz CT molecular complexity index is 250. The molecule has 0 rings (SSSR count). The molecule has 0 bridgehead atoms. The van der Waals surface area contributed by atoms with Crippen molar-refractivity contribution in [1.82, 2.24) is 10.6 Å². The molecule has 0 aliphatic rings. The molecule has 2 unspecified atom stereocenters. The molecule has 0 saturated heterocycles. The molecule has 0 aromatic carbocycles. The standard InChI is InChI=1S/C9H17FN2O3/c1-5(7(14)11-4)12-8(15)6(13)9(2,3)10/h5-6,13H,1-4H3,(H,11,14)(H,12,15). The van der Waals surface area contributed by atoms with Crippen LogP contribution < -0.4 is 10.6 Å². The summed E-state index contributed by atoms with van der Waals surface area (Å²) < 4.78 is 13.2. The first kappa shape index (κ1) is 13.8. The molecule has 2 atom stereocenters. The second kappa shape index (κ2) is 5.06. The van der Waals surface area contributed by atoms with E-state index < -0.39 is 29.6 Å². The smallest absolute Gasteiger partial charge is 0.252 e. The Kier molecular flexibility index (Phi) is 4.67. The van der Waals surface area contributed by atoms with Crippen LogP contribution in [-0.4, -0.2) is 41.8 Å². The molecule has 0 aromatic rings. The van der Waals surface area contributed by atoms with Crippen LogP contribution in [0.5, 0.6) is 0 Å². The highest BCUT2D eigenvalue weighted by molar-refractivity contribution is 5.89. The third-order valence-corrected chi connectivity index (χ3v) is 1.90. The molecule has 0 spiro atoms. The topological polar surface area (TPSA) is 78.4 Å². The molecule has 2 amide bonds. The Morgan fingerprint density at radius 3 is 2.13 bits per heavy atom. The van der Waals surface area contributed by atoms with Crippen LogP contribution in [0.1, 0.15) is 20.8 Å². The minimum absolute atomic E-state index is 0.410. The molecule has 0 aliphatic carbocycles. The summed E-state index contributed by atoms with van der Waals surface area (Å²) in [4.78, 5) is 22.3. The van der Waals surface area contributed by atoms with E-state index in [1.54, 1.807) is 0 Å². The summed E-state index contributed by atoms with van der Waals surface area (Å²) >= 11 is 0. The van der Waals surface area contributed by atoms with Crippen LogP contribution in [0.2, 0.25) is 0 Å². The minimum Gasteiger partial charge on any atom is -0.380 e. The van der Waals surface area contributed by atoms with Crippen molar-refractivity contribution in [3.63, 3.8) is 0 Å². The third-order valence-electron chi connectivity index (χ3n) is 1.90. The van der Waals surface area contributed by atoms with Crippen molar-refractivity contribution in [3.8, 4) is 0 Å². The van der Waals surface area contributed by atoms with E-state index >= 15 is 0 Å². The number of carbonyl (C=O) groups is 2. The molecule has 0 radical (unpaired) electrons. The monoisotopic (exact) mass is 220 g/mol. The quantitative estimate of drug-likeness (QED) is 0.589. The molecule has 0 saturated carbocycles. The second-order valence-electron chi connectivity index (χ2n) is 3.81. The number of aliphatic hydroxyl groups is 1. The molecular weight excluding hydrogens is 203 g/mol. The Morgan fingerprint density at radius 2 is 1.80 bits per heavy atom. The summed E-state index contributed by atoms with van der Waals surface area (Å²) in [7, 11) is 1.42. The Labute approximate surface area is 88.0 Å². The normalized spacial score (nSPS) is 15.3. The van der Waals surface area contributed by atoms with Crippen LogP contribution in [0.4, 0.5) is 4.39 Å². The highest BCUT2D eigenvalue weighted by Gasteiger charge is 2.34. The molecular formula is C9H17FN2O3. The zero-order valence-electron chi connectivity index (χ0n) is 9.30. The van der Waals surface area contributed by atoms with Crippen molar-refractivity contribution in [2.24, 2.45) is 0 Å². The first-order valence-electron chi connectivity index (χ1n) is 4.59. The summed E-state index contributed by atoms with van der Waals surface area (Å²) in [6.07, 6.45) is -1.79. The first-order valence-corrected chi connectivity index (χ1v) is 4.59. The zero-order valence-corrected chi connectivity index (χ0v) is 9.30. The van der Waals surface area contributed by atoms with Crippen molar-refractivity contribution in [2.75, 3.05) is 7.05 Å². The van der Waals surface area contributed by atoms with Crippen molar-refractivity contribution in [3.05, 3.63) is 0 Å². The Hall–Kier alpha value is -1.17. The van der Waals surface area contributed by atoms with Gasteiger partial charge < -0.3 is 15.7 Å². The third kappa shape index (κ3) is 4.24. The number of alkyl halides is 1. The van der Waals surface area contributed by atoms with Crippen LogP contribution >= 0.6 is 0 Å². The molecule has 3 N–H and O–H groups in total. The van der Waals surface area contributed by atoms with Crippen LogP contribution in [0.3, 0.4) is 0 Å². The zero-order chi connectivity index (χ0) is 12.2. The van der Waals surface area contributed by atoms with E-state index in [1.807, 2.05) is 0 Å². The molecule has 5 nitrogen and oxygen atoms in total. The maximum atomic E-state index is 13.2. The fourth-order valence-electron chi connectivity index (χ4n) is 0.886. The van der Waals surface area contributed by atoms with Crippen LogP contribution in [-0.2, 0) is 9.59 Å². The van der Waals surface area contributed by atoms with E-state index in [9.17, 15) is 19.1 Å². The molecule has 88 valence electrons. The fourth-order valence-corrected chi connectivity index (χ4v) is 0.886. The molecule has 15 heavy (non-hydrogen) atoms. The van der Waals surface area contributed by atoms with Gasteiger partial charge in [0.25, 0.3) is 5.91 Å². The molecule has 0 aromatic heterocycles. The highest BCUT2D eigenvalue weighted by atomic mass is 19.1. The van der Waals surface area contributed by atoms with Gasteiger partial charge in [0.15, 0.2) is 6.10 Å². The molecule has 6 heteroatoms. The SMILES string of the molecule is CNC(=O)C(C)NC(=O)C(O)C(C)(C)F. The van der Waals surface area contributed by atoms with E-state index in [4.69, 9.17) is 0 Å². The van der Waals surface area contributed by atoms with E-state index in [0.717, 1.165) is 13.8 Å². The number of hydrogen-bond donors (Lipinski definition) is 3. The lowest BCUT2D eigenvalue weighted by Crippen LogP contribution is -2.51. The average molecular weight is 220 g/mol. The van der Waals surface area contributed by atoms with Gasteiger partial charge in [-0.1, -0.05) is 0 Å². The van der Waals surface area contributed by atoms with Crippen molar-refractivity contribution in [1.29, 1.82) is 0 Å². The predicted octanol–water partition coefficient (Wildman–Crippen LogP) is -0.654. The first-order chi connectivity index (χ1) is 6.70.